The smallest absolute Gasteiger partial charge is 0.233 e. The average molecular weight is 448 g/mol. The van der Waals surface area contributed by atoms with Gasteiger partial charge in [0.2, 0.25) is 5.88 Å². The van der Waals surface area contributed by atoms with Gasteiger partial charge in [-0.2, -0.15) is 10.4 Å². The highest BCUT2D eigenvalue weighted by molar-refractivity contribution is 7.13. The molecular formula is C25H29N5OS. The number of hydrogen-bond donors (Lipinski definition) is 2. The monoisotopic (exact) mass is 447 g/mol. The number of nitriles is 1. The molecule has 3 aromatic rings. The quantitative estimate of drug-likeness (QED) is 0.132. The van der Waals surface area contributed by atoms with Gasteiger partial charge in [-0.1, -0.05) is 69.0 Å². The highest BCUT2D eigenvalue weighted by Crippen LogP contribution is 2.32. The van der Waals surface area contributed by atoms with Crippen LogP contribution in [0.3, 0.4) is 0 Å². The Morgan fingerprint density at radius 1 is 1.16 bits per heavy atom. The second kappa shape index (κ2) is 11.9. The van der Waals surface area contributed by atoms with Crippen molar-refractivity contribution in [1.29, 1.82) is 5.26 Å². The Morgan fingerprint density at radius 2 is 1.94 bits per heavy atom. The fraction of sp³-hybridized carbons (Fsp3) is 0.320. The third-order valence-corrected chi connectivity index (χ3v) is 6.14. The first-order valence-corrected chi connectivity index (χ1v) is 11.8. The number of hydrogen-bond acceptors (Lipinski definition) is 6. The molecule has 1 atom stereocenters. The molecule has 0 radical (unpaired) electrons. The predicted octanol–water partition coefficient (Wildman–Crippen LogP) is 5.55. The van der Waals surface area contributed by atoms with Crippen molar-refractivity contribution in [3.8, 4) is 22.5 Å². The molecule has 0 amide bonds. The zero-order chi connectivity index (χ0) is 22.8. The third-order valence-electron chi connectivity index (χ3n) is 5.25. The van der Waals surface area contributed by atoms with Crippen LogP contribution in [0.4, 0.5) is 0 Å². The van der Waals surface area contributed by atoms with Crippen molar-refractivity contribution < 1.29 is 4.74 Å². The minimum absolute atomic E-state index is 0.115. The third kappa shape index (κ3) is 5.86. The molecule has 0 aliphatic carbocycles. The Kier molecular flexibility index (Phi) is 8.64. The summed E-state index contributed by atoms with van der Waals surface area (Å²) in [6.45, 7) is 2.20. The van der Waals surface area contributed by atoms with Crippen LogP contribution in [0.2, 0.25) is 0 Å². The number of hydrazone groups is 1. The molecule has 0 fully saturated rings. The van der Waals surface area contributed by atoms with Crippen LogP contribution in [-0.4, -0.2) is 10.8 Å². The van der Waals surface area contributed by atoms with Crippen LogP contribution in [0.25, 0.3) is 10.6 Å². The van der Waals surface area contributed by atoms with Gasteiger partial charge in [0.15, 0.2) is 11.9 Å². The first-order chi connectivity index (χ1) is 15.7. The van der Waals surface area contributed by atoms with E-state index in [4.69, 9.17) is 21.3 Å². The fourth-order valence-corrected chi connectivity index (χ4v) is 4.24. The first kappa shape index (κ1) is 23.3. The van der Waals surface area contributed by atoms with Gasteiger partial charge in [0.1, 0.15) is 11.6 Å². The van der Waals surface area contributed by atoms with Gasteiger partial charge in [-0.05, 0) is 35.9 Å². The summed E-state index contributed by atoms with van der Waals surface area (Å²) in [6.07, 6.45) is 5.82. The number of ether oxygens (including phenoxy) is 1. The molecule has 3 rings (SSSR count). The second-order valence-electron chi connectivity index (χ2n) is 7.56. The highest BCUT2D eigenvalue weighted by Gasteiger charge is 2.23. The SMILES string of the molecule is CCCCCCCc1cc(-c2cccs2)nc(OC(/C(N)=N/N)c2ccccc2)c1C#N. The van der Waals surface area contributed by atoms with Crippen LogP contribution >= 0.6 is 11.3 Å². The number of aryl methyl sites for hydroxylation is 1. The average Bonchev–Trinajstić information content (AvgIpc) is 3.37. The summed E-state index contributed by atoms with van der Waals surface area (Å²) in [7, 11) is 0. The molecule has 2 heterocycles. The summed E-state index contributed by atoms with van der Waals surface area (Å²) in [5, 5.41) is 15.6. The van der Waals surface area contributed by atoms with E-state index in [2.05, 4.69) is 18.1 Å². The van der Waals surface area contributed by atoms with Crippen LogP contribution in [0.15, 0.2) is 59.0 Å². The number of rotatable bonds is 11. The number of amidine groups is 1. The van der Waals surface area contributed by atoms with Crippen molar-refractivity contribution in [2.24, 2.45) is 16.7 Å². The highest BCUT2D eigenvalue weighted by atomic mass is 32.1. The van der Waals surface area contributed by atoms with Gasteiger partial charge in [0.05, 0.1) is 10.6 Å². The van der Waals surface area contributed by atoms with Gasteiger partial charge in [-0.15, -0.1) is 11.3 Å². The van der Waals surface area contributed by atoms with E-state index in [1.165, 1.54) is 19.3 Å². The lowest BCUT2D eigenvalue weighted by atomic mass is 10.0. The zero-order valence-electron chi connectivity index (χ0n) is 18.3. The normalized spacial score (nSPS) is 12.3. The largest absolute Gasteiger partial charge is 0.460 e. The van der Waals surface area contributed by atoms with E-state index in [9.17, 15) is 5.26 Å². The Labute approximate surface area is 193 Å². The molecule has 1 aromatic carbocycles. The van der Waals surface area contributed by atoms with Crippen LogP contribution < -0.4 is 16.3 Å². The molecule has 6 nitrogen and oxygen atoms in total. The molecule has 0 aliphatic heterocycles. The van der Waals surface area contributed by atoms with Gasteiger partial charge < -0.3 is 16.3 Å². The Morgan fingerprint density at radius 3 is 2.59 bits per heavy atom. The standard InChI is InChI=1S/C25H29N5OS/c1-2-3-4-5-7-13-19-16-21(22-14-10-15-32-22)29-25(20(19)17-26)31-23(24(27)30-28)18-11-8-6-9-12-18/h6,8-12,14-16,23H,2-5,7,13,28H2,1H3,(H2,27,30). The maximum absolute atomic E-state index is 9.99. The molecule has 166 valence electrons. The van der Waals surface area contributed by atoms with E-state index in [0.717, 1.165) is 41.0 Å². The van der Waals surface area contributed by atoms with E-state index in [1.807, 2.05) is 53.9 Å². The summed E-state index contributed by atoms with van der Waals surface area (Å²) in [5.41, 5.74) is 9.02. The molecule has 32 heavy (non-hydrogen) atoms. The lowest BCUT2D eigenvalue weighted by molar-refractivity contribution is 0.260. The number of unbranched alkanes of at least 4 members (excludes halogenated alkanes) is 4. The molecule has 0 saturated heterocycles. The van der Waals surface area contributed by atoms with Crippen molar-refractivity contribution in [1.82, 2.24) is 4.98 Å². The number of nitrogens with two attached hydrogens (primary N) is 2. The molecule has 0 saturated carbocycles. The summed E-state index contributed by atoms with van der Waals surface area (Å²) < 4.78 is 6.23. The van der Waals surface area contributed by atoms with Crippen LogP contribution in [0, 0.1) is 11.3 Å². The molecule has 0 bridgehead atoms. The minimum atomic E-state index is -0.739. The predicted molar refractivity (Wildman–Crippen MR) is 130 cm³/mol. The van der Waals surface area contributed by atoms with Crippen molar-refractivity contribution >= 4 is 17.2 Å². The van der Waals surface area contributed by atoms with Gasteiger partial charge in [-0.3, -0.25) is 0 Å². The minimum Gasteiger partial charge on any atom is -0.460 e. The second-order valence-corrected chi connectivity index (χ2v) is 8.51. The number of benzene rings is 1. The van der Waals surface area contributed by atoms with Crippen molar-refractivity contribution in [3.05, 3.63) is 70.6 Å². The Hall–Kier alpha value is -3.37. The van der Waals surface area contributed by atoms with Gasteiger partial charge in [-0.25, -0.2) is 4.98 Å². The zero-order valence-corrected chi connectivity index (χ0v) is 19.1. The molecule has 0 aliphatic rings. The van der Waals surface area contributed by atoms with Crippen molar-refractivity contribution in [2.75, 3.05) is 0 Å². The number of aromatic nitrogens is 1. The van der Waals surface area contributed by atoms with Crippen LogP contribution in [0.5, 0.6) is 5.88 Å². The molecule has 4 N–H and O–H groups in total. The van der Waals surface area contributed by atoms with E-state index in [0.29, 0.717) is 5.56 Å². The lowest BCUT2D eigenvalue weighted by Crippen LogP contribution is -2.28. The fourth-order valence-electron chi connectivity index (χ4n) is 3.55. The van der Waals surface area contributed by atoms with E-state index in [-0.39, 0.29) is 11.7 Å². The molecule has 2 aromatic heterocycles. The maximum atomic E-state index is 9.99. The molecular weight excluding hydrogens is 418 g/mol. The number of nitrogens with zero attached hydrogens (tertiary/aromatic N) is 3. The van der Waals surface area contributed by atoms with E-state index in [1.54, 1.807) is 11.3 Å². The molecule has 7 heteroatoms. The summed E-state index contributed by atoms with van der Waals surface area (Å²) >= 11 is 1.60. The molecule has 1 unspecified atom stereocenters. The maximum Gasteiger partial charge on any atom is 0.233 e. The van der Waals surface area contributed by atoms with Crippen LogP contribution in [0.1, 0.15) is 61.8 Å². The summed E-state index contributed by atoms with van der Waals surface area (Å²) in [5.74, 6) is 5.84. The number of thiophene rings is 1. The van der Waals surface area contributed by atoms with Crippen molar-refractivity contribution in [3.63, 3.8) is 0 Å². The topological polar surface area (TPSA) is 110 Å². The van der Waals surface area contributed by atoms with Gasteiger partial charge in [0, 0.05) is 5.56 Å². The van der Waals surface area contributed by atoms with Crippen LogP contribution in [-0.2, 0) is 6.42 Å². The summed E-state index contributed by atoms with van der Waals surface area (Å²) in [4.78, 5) is 5.72. The van der Waals surface area contributed by atoms with Crippen molar-refractivity contribution in [2.45, 2.75) is 51.6 Å². The molecule has 0 spiro atoms. The van der Waals surface area contributed by atoms with E-state index >= 15 is 0 Å². The Balaban J connectivity index is 1.99. The summed E-state index contributed by atoms with van der Waals surface area (Å²) in [6, 6.07) is 17.8. The number of pyridine rings is 1. The van der Waals surface area contributed by atoms with E-state index < -0.39 is 6.10 Å². The Bertz CT molecular complexity index is 1060. The lowest BCUT2D eigenvalue weighted by Gasteiger charge is -2.20. The van der Waals surface area contributed by atoms with Gasteiger partial charge >= 0.3 is 0 Å². The first-order valence-electron chi connectivity index (χ1n) is 10.9. The van der Waals surface area contributed by atoms with Gasteiger partial charge in [0.25, 0.3) is 0 Å².